The molecule has 0 saturated carbocycles. The second-order valence-corrected chi connectivity index (χ2v) is 4.97. The molecule has 1 atom stereocenters. The Kier molecular flexibility index (Phi) is 2.81. The average molecular weight is 276 g/mol. The lowest BCUT2D eigenvalue weighted by Gasteiger charge is -2.25. The van der Waals surface area contributed by atoms with Gasteiger partial charge in [0.1, 0.15) is 0 Å². The maximum absolute atomic E-state index is 13.2. The quantitative estimate of drug-likeness (QED) is 0.776. The fraction of sp³-hybridized carbons (Fsp3) is 0.455. The van der Waals surface area contributed by atoms with Gasteiger partial charge in [-0.05, 0) is 59.9 Å². The molecule has 1 saturated heterocycles. The molecule has 0 radical (unpaired) electrons. The van der Waals surface area contributed by atoms with Crippen LogP contribution in [0.1, 0.15) is 25.3 Å². The van der Waals surface area contributed by atoms with Crippen LogP contribution in [0.5, 0.6) is 0 Å². The topological polar surface area (TPSA) is 12.0 Å². The van der Waals surface area contributed by atoms with Crippen LogP contribution in [0.2, 0.25) is 0 Å². The van der Waals surface area contributed by atoms with Crippen LogP contribution in [-0.2, 0) is 5.54 Å². The fourth-order valence-corrected chi connectivity index (χ4v) is 2.45. The molecule has 1 aliphatic heterocycles. The Balaban J connectivity index is 2.45. The summed E-state index contributed by atoms with van der Waals surface area (Å²) < 4.78 is 26.5. The molecule has 1 nitrogen and oxygen atoms in total. The van der Waals surface area contributed by atoms with E-state index >= 15 is 0 Å². The van der Waals surface area contributed by atoms with E-state index < -0.39 is 11.6 Å². The lowest BCUT2D eigenvalue weighted by Crippen LogP contribution is -2.33. The zero-order chi connectivity index (χ0) is 11.1. The molecule has 15 heavy (non-hydrogen) atoms. The molecule has 1 unspecified atom stereocenters. The minimum Gasteiger partial charge on any atom is -0.308 e. The molecule has 1 fully saturated rings. The summed E-state index contributed by atoms with van der Waals surface area (Å²) in [6.07, 6.45) is 2.01. The van der Waals surface area contributed by atoms with Crippen molar-refractivity contribution in [2.75, 3.05) is 6.54 Å². The molecular formula is C11H12BrF2N. The molecule has 0 aliphatic carbocycles. The molecule has 0 spiro atoms. The molecule has 1 heterocycles. The van der Waals surface area contributed by atoms with E-state index in [4.69, 9.17) is 0 Å². The number of hydrogen-bond acceptors (Lipinski definition) is 1. The van der Waals surface area contributed by atoms with Crippen LogP contribution in [0.3, 0.4) is 0 Å². The van der Waals surface area contributed by atoms with Gasteiger partial charge in [0.2, 0.25) is 0 Å². The fourth-order valence-electron chi connectivity index (χ4n) is 2.02. The van der Waals surface area contributed by atoms with Crippen LogP contribution in [-0.4, -0.2) is 6.54 Å². The first-order valence-electron chi connectivity index (χ1n) is 4.93. The molecular weight excluding hydrogens is 264 g/mol. The van der Waals surface area contributed by atoms with E-state index in [2.05, 4.69) is 21.2 Å². The summed E-state index contributed by atoms with van der Waals surface area (Å²) >= 11 is 3.03. The van der Waals surface area contributed by atoms with Crippen LogP contribution in [0.15, 0.2) is 16.6 Å². The van der Waals surface area contributed by atoms with E-state index in [-0.39, 0.29) is 10.0 Å². The van der Waals surface area contributed by atoms with Crippen LogP contribution < -0.4 is 5.32 Å². The molecule has 1 aliphatic rings. The van der Waals surface area contributed by atoms with E-state index in [9.17, 15) is 8.78 Å². The van der Waals surface area contributed by atoms with E-state index in [1.54, 1.807) is 6.07 Å². The predicted molar refractivity (Wildman–Crippen MR) is 58.6 cm³/mol. The van der Waals surface area contributed by atoms with Crippen LogP contribution in [0.4, 0.5) is 8.78 Å². The molecule has 82 valence electrons. The highest BCUT2D eigenvalue weighted by molar-refractivity contribution is 9.10. The minimum atomic E-state index is -0.819. The van der Waals surface area contributed by atoms with E-state index in [0.717, 1.165) is 24.9 Å². The molecule has 2 rings (SSSR count). The van der Waals surface area contributed by atoms with Crippen molar-refractivity contribution in [3.05, 3.63) is 33.8 Å². The smallest absolute Gasteiger partial charge is 0.172 e. The van der Waals surface area contributed by atoms with Gasteiger partial charge in [-0.25, -0.2) is 8.78 Å². The van der Waals surface area contributed by atoms with Crippen molar-refractivity contribution in [1.29, 1.82) is 0 Å². The van der Waals surface area contributed by atoms with Crippen molar-refractivity contribution in [2.45, 2.75) is 25.3 Å². The lowest BCUT2D eigenvalue weighted by atomic mass is 9.90. The van der Waals surface area contributed by atoms with Crippen LogP contribution >= 0.6 is 15.9 Å². The van der Waals surface area contributed by atoms with Gasteiger partial charge in [0, 0.05) is 5.54 Å². The maximum Gasteiger partial charge on any atom is 0.172 e. The monoisotopic (exact) mass is 275 g/mol. The number of benzene rings is 1. The summed E-state index contributed by atoms with van der Waals surface area (Å²) in [6, 6.07) is 2.93. The molecule has 0 amide bonds. The normalized spacial score (nSPS) is 25.9. The Bertz CT molecular complexity index is 363. The number of nitrogens with one attached hydrogen (secondary N) is 1. The summed E-state index contributed by atoms with van der Waals surface area (Å²) in [4.78, 5) is 0. The summed E-state index contributed by atoms with van der Waals surface area (Å²) in [5, 5.41) is 3.31. The molecule has 1 aromatic rings. The Morgan fingerprint density at radius 3 is 2.67 bits per heavy atom. The summed E-state index contributed by atoms with van der Waals surface area (Å²) in [6.45, 7) is 2.94. The van der Waals surface area contributed by atoms with Crippen molar-refractivity contribution < 1.29 is 8.78 Å². The standard InChI is InChI=1S/C11H12BrF2N/c1-11(3-2-4-15-11)7-5-8(12)10(14)9(13)6-7/h5-6,15H,2-4H2,1H3. The second-order valence-electron chi connectivity index (χ2n) is 4.12. The summed E-state index contributed by atoms with van der Waals surface area (Å²) in [5.74, 6) is -1.62. The lowest BCUT2D eigenvalue weighted by molar-refractivity contribution is 0.425. The van der Waals surface area contributed by atoms with Crippen LogP contribution in [0, 0.1) is 11.6 Å². The number of halogens is 3. The second kappa shape index (κ2) is 3.83. The first kappa shape index (κ1) is 11.0. The molecule has 1 N–H and O–H groups in total. The predicted octanol–water partition coefficient (Wildman–Crippen LogP) is 3.33. The molecule has 0 aromatic heterocycles. The zero-order valence-corrected chi connectivity index (χ0v) is 10.00. The van der Waals surface area contributed by atoms with Gasteiger partial charge in [-0.15, -0.1) is 0 Å². The van der Waals surface area contributed by atoms with Gasteiger partial charge in [0.05, 0.1) is 4.47 Å². The van der Waals surface area contributed by atoms with Crippen molar-refractivity contribution in [1.82, 2.24) is 5.32 Å². The SMILES string of the molecule is CC1(c2cc(F)c(F)c(Br)c2)CCCN1. The highest BCUT2D eigenvalue weighted by atomic mass is 79.9. The number of hydrogen-bond donors (Lipinski definition) is 1. The third-order valence-corrected chi connectivity index (χ3v) is 3.57. The first-order valence-corrected chi connectivity index (χ1v) is 5.72. The van der Waals surface area contributed by atoms with Gasteiger partial charge < -0.3 is 5.32 Å². The van der Waals surface area contributed by atoms with Crippen LogP contribution in [0.25, 0.3) is 0 Å². The van der Waals surface area contributed by atoms with Gasteiger partial charge in [-0.3, -0.25) is 0 Å². The summed E-state index contributed by atoms with van der Waals surface area (Å²) in [7, 11) is 0. The Morgan fingerprint density at radius 1 is 1.40 bits per heavy atom. The first-order chi connectivity index (χ1) is 7.03. The highest BCUT2D eigenvalue weighted by Crippen LogP contribution is 2.33. The minimum absolute atomic E-state index is 0.187. The third-order valence-electron chi connectivity index (χ3n) is 2.99. The Labute approximate surface area is 96.0 Å². The van der Waals surface area contributed by atoms with E-state index in [1.165, 1.54) is 6.07 Å². The van der Waals surface area contributed by atoms with Gasteiger partial charge in [0.25, 0.3) is 0 Å². The maximum atomic E-state index is 13.2. The Morgan fingerprint density at radius 2 is 2.13 bits per heavy atom. The average Bonchev–Trinajstić information content (AvgIpc) is 2.62. The summed E-state index contributed by atoms with van der Waals surface area (Å²) in [5.41, 5.74) is 0.572. The molecule has 4 heteroatoms. The molecule has 1 aromatic carbocycles. The Hall–Kier alpha value is -0.480. The van der Waals surface area contributed by atoms with Crippen molar-refractivity contribution in [3.63, 3.8) is 0 Å². The van der Waals surface area contributed by atoms with E-state index in [1.807, 2.05) is 6.92 Å². The van der Waals surface area contributed by atoms with Gasteiger partial charge in [0.15, 0.2) is 11.6 Å². The van der Waals surface area contributed by atoms with Gasteiger partial charge in [-0.2, -0.15) is 0 Å². The van der Waals surface area contributed by atoms with Gasteiger partial charge in [-0.1, -0.05) is 0 Å². The van der Waals surface area contributed by atoms with Crippen molar-refractivity contribution >= 4 is 15.9 Å². The number of rotatable bonds is 1. The zero-order valence-electron chi connectivity index (χ0n) is 8.41. The highest BCUT2D eigenvalue weighted by Gasteiger charge is 2.31. The third kappa shape index (κ3) is 1.93. The largest absolute Gasteiger partial charge is 0.308 e. The van der Waals surface area contributed by atoms with Gasteiger partial charge >= 0.3 is 0 Å². The van der Waals surface area contributed by atoms with E-state index in [0.29, 0.717) is 0 Å². The van der Waals surface area contributed by atoms with Crippen molar-refractivity contribution in [2.24, 2.45) is 0 Å². The van der Waals surface area contributed by atoms with Crippen molar-refractivity contribution in [3.8, 4) is 0 Å². The molecule has 0 bridgehead atoms.